The number of carbonyl (C=O) groups is 1. The summed E-state index contributed by atoms with van der Waals surface area (Å²) >= 11 is 12.9. The number of fused-ring (bicyclic) bond motifs is 4. The number of halogens is 3. The molecule has 0 amide bonds. The average molecular weight is 595 g/mol. The van der Waals surface area contributed by atoms with E-state index in [1.54, 1.807) is 12.4 Å². The lowest BCUT2D eigenvalue weighted by molar-refractivity contribution is -0.131. The van der Waals surface area contributed by atoms with E-state index in [0.29, 0.717) is 39.5 Å². The van der Waals surface area contributed by atoms with Crippen LogP contribution in [-0.4, -0.2) is 36.2 Å². The molecule has 0 spiro atoms. The number of carboxylic acids is 1. The molecule has 1 N–H and O–H groups in total. The van der Waals surface area contributed by atoms with E-state index in [1.165, 1.54) is 16.8 Å². The van der Waals surface area contributed by atoms with Crippen LogP contribution in [0.4, 0.5) is 4.39 Å². The fraction of sp³-hybridized carbons (Fsp3) is 0.400. The zero-order chi connectivity index (χ0) is 28.4. The Balaban J connectivity index is 1.10. The number of aromatic carboxylic acids is 1. The second-order valence-electron chi connectivity index (χ2n) is 11.3. The Morgan fingerprint density at radius 2 is 1.85 bits per heavy atom. The molecule has 4 heterocycles. The summed E-state index contributed by atoms with van der Waals surface area (Å²) in [5, 5.41) is 14.6. The molecule has 8 rings (SSSR count). The molecule has 0 aliphatic heterocycles. The molecule has 0 radical (unpaired) electrons. The molecule has 0 aromatic carbocycles. The molecule has 4 saturated carbocycles. The summed E-state index contributed by atoms with van der Waals surface area (Å²) in [5.41, 5.74) is 2.15. The fourth-order valence-electron chi connectivity index (χ4n) is 6.24. The molecule has 4 aliphatic rings. The van der Waals surface area contributed by atoms with Crippen LogP contribution in [0.1, 0.15) is 84.7 Å². The van der Waals surface area contributed by atoms with Crippen LogP contribution >= 0.6 is 23.2 Å². The molecule has 0 atom stereocenters. The van der Waals surface area contributed by atoms with Crippen LogP contribution in [0.5, 0.6) is 0 Å². The first-order valence-electron chi connectivity index (χ1n) is 13.6. The minimum absolute atomic E-state index is 0.169. The van der Waals surface area contributed by atoms with Crippen LogP contribution in [0.3, 0.4) is 0 Å². The molecule has 0 saturated heterocycles. The summed E-state index contributed by atoms with van der Waals surface area (Å²) in [7, 11) is 0. The normalized spacial score (nSPS) is 23.5. The molecule has 4 aromatic heterocycles. The van der Waals surface area contributed by atoms with E-state index < -0.39 is 11.8 Å². The van der Waals surface area contributed by atoms with Gasteiger partial charge in [-0.1, -0.05) is 34.3 Å². The number of hydrogen-bond donors (Lipinski definition) is 1. The summed E-state index contributed by atoms with van der Waals surface area (Å²) in [6, 6.07) is 0.971. The topological polar surface area (TPSA) is 103 Å². The second-order valence-corrected chi connectivity index (χ2v) is 12.2. The van der Waals surface area contributed by atoms with E-state index >= 15 is 0 Å². The molecular formula is C30H25Cl2FN4O4. The summed E-state index contributed by atoms with van der Waals surface area (Å²) < 4.78 is 28.0. The van der Waals surface area contributed by atoms with Crippen LogP contribution in [0.15, 0.2) is 35.4 Å². The zero-order valence-corrected chi connectivity index (χ0v) is 23.4. The van der Waals surface area contributed by atoms with Crippen LogP contribution < -0.4 is 0 Å². The van der Waals surface area contributed by atoms with Crippen molar-refractivity contribution in [3.05, 3.63) is 69.3 Å². The summed E-state index contributed by atoms with van der Waals surface area (Å²) in [5.74, 6) is 5.93. The van der Waals surface area contributed by atoms with Crippen LogP contribution in [0, 0.1) is 23.1 Å². The first-order valence-corrected chi connectivity index (χ1v) is 14.4. The predicted octanol–water partition coefficient (Wildman–Crippen LogP) is 7.07. The fourth-order valence-corrected chi connectivity index (χ4v) is 6.79. The summed E-state index contributed by atoms with van der Waals surface area (Å²) in [6.07, 6.45) is 13.2. The van der Waals surface area contributed by atoms with E-state index in [9.17, 15) is 14.3 Å². The molecule has 8 nitrogen and oxygen atoms in total. The van der Waals surface area contributed by atoms with Gasteiger partial charge in [0.05, 0.1) is 28.5 Å². The number of aromatic nitrogens is 4. The Morgan fingerprint density at radius 3 is 2.51 bits per heavy atom. The highest BCUT2D eigenvalue weighted by Gasteiger charge is 2.49. The lowest BCUT2D eigenvalue weighted by Gasteiger charge is -2.51. The van der Waals surface area contributed by atoms with E-state index in [2.05, 4.69) is 27.0 Å². The third kappa shape index (κ3) is 4.68. The molecule has 41 heavy (non-hydrogen) atoms. The van der Waals surface area contributed by atoms with Gasteiger partial charge in [-0.15, -0.1) is 0 Å². The second kappa shape index (κ2) is 9.83. The van der Waals surface area contributed by atoms with Crippen LogP contribution in [-0.2, 0) is 11.3 Å². The summed E-state index contributed by atoms with van der Waals surface area (Å²) in [4.78, 5) is 19.8. The van der Waals surface area contributed by atoms with Gasteiger partial charge < -0.3 is 14.4 Å². The molecule has 4 fully saturated rings. The first-order chi connectivity index (χ1) is 19.8. The maximum Gasteiger partial charge on any atom is 0.339 e. The highest BCUT2D eigenvalue weighted by atomic mass is 35.5. The van der Waals surface area contributed by atoms with Gasteiger partial charge in [0, 0.05) is 41.1 Å². The Morgan fingerprint density at radius 1 is 1.15 bits per heavy atom. The van der Waals surface area contributed by atoms with Gasteiger partial charge in [-0.2, -0.15) is 0 Å². The lowest BCUT2D eigenvalue weighted by atomic mass is 9.59. The first kappa shape index (κ1) is 26.4. The van der Waals surface area contributed by atoms with Crippen molar-refractivity contribution < 1.29 is 23.6 Å². The van der Waals surface area contributed by atoms with E-state index in [1.807, 2.05) is 0 Å². The zero-order valence-electron chi connectivity index (χ0n) is 21.9. The highest BCUT2D eigenvalue weighted by molar-refractivity contribution is 6.38. The van der Waals surface area contributed by atoms with Gasteiger partial charge in [-0.25, -0.2) is 14.2 Å². The van der Waals surface area contributed by atoms with Crippen molar-refractivity contribution >= 4 is 34.8 Å². The van der Waals surface area contributed by atoms with Gasteiger partial charge in [0.25, 0.3) is 0 Å². The third-order valence-electron chi connectivity index (χ3n) is 8.82. The number of imidazole rings is 1. The molecule has 0 unspecified atom stereocenters. The largest absolute Gasteiger partial charge is 0.478 e. The molecule has 210 valence electrons. The quantitative estimate of drug-likeness (QED) is 0.238. The van der Waals surface area contributed by atoms with Crippen molar-refractivity contribution in [1.29, 1.82) is 0 Å². The standard InChI is InChI=1S/C30H25Cl2FN4O4/c31-22-13-34-14-23(32)24(22)25-21(26(41-36-25)17-1-2-17)16-40-30-8-5-29(6-9-30,7-10-30)4-3-19-12-35-27-20(28(38)39)11-18(33)15-37(19)27/h11-15,17H,1-2,5-10,16H2,(H,38,39). The molecular weight excluding hydrogens is 570 g/mol. The Labute approximate surface area is 244 Å². The van der Waals surface area contributed by atoms with Gasteiger partial charge in [0.15, 0.2) is 5.65 Å². The molecule has 4 aromatic rings. The predicted molar refractivity (Wildman–Crippen MR) is 148 cm³/mol. The van der Waals surface area contributed by atoms with Crippen molar-refractivity contribution in [3.8, 4) is 23.1 Å². The van der Waals surface area contributed by atoms with Gasteiger partial charge in [-0.05, 0) is 63.4 Å². The average Bonchev–Trinajstić information content (AvgIpc) is 3.60. The Hall–Kier alpha value is -3.45. The number of rotatable bonds is 6. The van der Waals surface area contributed by atoms with E-state index in [4.69, 9.17) is 32.5 Å². The molecule has 2 bridgehead atoms. The smallest absolute Gasteiger partial charge is 0.339 e. The molecule has 4 aliphatic carbocycles. The number of ether oxygens (including phenoxy) is 1. The lowest BCUT2D eigenvalue weighted by Crippen LogP contribution is -2.47. The Bertz CT molecular complexity index is 1720. The van der Waals surface area contributed by atoms with Gasteiger partial charge in [-0.3, -0.25) is 9.38 Å². The van der Waals surface area contributed by atoms with Crippen LogP contribution in [0.2, 0.25) is 10.0 Å². The van der Waals surface area contributed by atoms with Gasteiger partial charge in [0.2, 0.25) is 0 Å². The minimum Gasteiger partial charge on any atom is -0.478 e. The maximum atomic E-state index is 14.1. The van der Waals surface area contributed by atoms with Crippen molar-refractivity contribution in [3.63, 3.8) is 0 Å². The van der Waals surface area contributed by atoms with Gasteiger partial charge >= 0.3 is 5.97 Å². The van der Waals surface area contributed by atoms with E-state index in [-0.39, 0.29) is 22.2 Å². The van der Waals surface area contributed by atoms with Crippen molar-refractivity contribution in [2.45, 2.75) is 69.5 Å². The minimum atomic E-state index is -1.23. The third-order valence-corrected chi connectivity index (χ3v) is 9.39. The highest BCUT2D eigenvalue weighted by Crippen LogP contribution is 2.54. The SMILES string of the molecule is O=C(O)c1cc(F)cn2c(C#CC34CCC(OCc5c(-c6c(Cl)cncc6Cl)noc5C5CC5)(CC3)CC4)cnc12. The number of carboxylic acid groups (broad SMARTS) is 1. The van der Waals surface area contributed by atoms with Crippen molar-refractivity contribution in [2.75, 3.05) is 0 Å². The van der Waals surface area contributed by atoms with Gasteiger partial charge in [0.1, 0.15) is 28.5 Å². The number of hydrogen-bond acceptors (Lipinski definition) is 6. The Kier molecular flexibility index (Phi) is 6.34. The summed E-state index contributed by atoms with van der Waals surface area (Å²) in [6.45, 7) is 0.359. The van der Waals surface area contributed by atoms with Crippen molar-refractivity contribution in [2.24, 2.45) is 5.41 Å². The maximum absolute atomic E-state index is 14.1. The number of nitrogens with zero attached hydrogens (tertiary/aromatic N) is 4. The monoisotopic (exact) mass is 594 g/mol. The van der Waals surface area contributed by atoms with E-state index in [0.717, 1.165) is 68.8 Å². The number of pyridine rings is 2. The van der Waals surface area contributed by atoms with Crippen LogP contribution in [0.25, 0.3) is 16.9 Å². The molecule has 11 heteroatoms. The van der Waals surface area contributed by atoms with Crippen molar-refractivity contribution in [1.82, 2.24) is 19.5 Å².